The largest absolute Gasteiger partial charge is 0.324 e. The Morgan fingerprint density at radius 2 is 1.81 bits per heavy atom. The summed E-state index contributed by atoms with van der Waals surface area (Å²) >= 11 is 5.93. The molecule has 0 amide bonds. The van der Waals surface area contributed by atoms with Gasteiger partial charge in [0.2, 0.25) is 10.0 Å². The Hall–Kier alpha value is -2.25. The molecule has 7 heteroatoms. The summed E-state index contributed by atoms with van der Waals surface area (Å²) in [5.41, 5.74) is 1.09. The van der Waals surface area contributed by atoms with Crippen molar-refractivity contribution < 1.29 is 17.5 Å². The van der Waals surface area contributed by atoms with E-state index in [0.717, 1.165) is 27.9 Å². The number of rotatable bonds is 8. The molecule has 0 aliphatic heterocycles. The summed E-state index contributed by atoms with van der Waals surface area (Å²) in [6.45, 7) is 1.92. The quantitative estimate of drug-likeness (QED) is 0.380. The van der Waals surface area contributed by atoms with Gasteiger partial charge < -0.3 is 4.48 Å². The number of likely N-dealkylation sites (N-methyl/N-ethyl adjacent to an activating group) is 2. The molecule has 0 saturated heterocycles. The number of hydrogen-bond donors (Lipinski definition) is 0. The van der Waals surface area contributed by atoms with Crippen LogP contribution in [0.2, 0.25) is 5.02 Å². The lowest BCUT2D eigenvalue weighted by Gasteiger charge is -2.30. The van der Waals surface area contributed by atoms with Crippen LogP contribution >= 0.6 is 11.6 Å². The van der Waals surface area contributed by atoms with Gasteiger partial charge in [-0.05, 0) is 35.9 Å². The molecular formula is C24H30ClN3O2S+2. The first-order chi connectivity index (χ1) is 14.6. The van der Waals surface area contributed by atoms with Gasteiger partial charge in [-0.15, -0.1) is 0 Å². The Bertz CT molecular complexity index is 1190. The Labute approximate surface area is 190 Å². The van der Waals surface area contributed by atoms with Gasteiger partial charge in [0.25, 0.3) is 0 Å². The second-order valence-electron chi connectivity index (χ2n) is 8.49. The van der Waals surface area contributed by atoms with Crippen LogP contribution in [0.15, 0.2) is 71.9 Å². The van der Waals surface area contributed by atoms with Gasteiger partial charge in [0.05, 0.1) is 38.6 Å². The fourth-order valence-corrected chi connectivity index (χ4v) is 4.87. The first-order valence-corrected chi connectivity index (χ1v) is 12.0. The summed E-state index contributed by atoms with van der Waals surface area (Å²) in [4.78, 5) is 0.348. The minimum atomic E-state index is -3.58. The highest BCUT2D eigenvalue weighted by Gasteiger charge is 2.25. The lowest BCUT2D eigenvalue weighted by molar-refractivity contribution is -0.883. The molecule has 0 spiro atoms. The summed E-state index contributed by atoms with van der Waals surface area (Å²) in [5, 5.41) is 2.37. The van der Waals surface area contributed by atoms with E-state index in [1.54, 1.807) is 19.2 Å². The fraction of sp³-hybridized carbons (Fsp3) is 0.292. The van der Waals surface area contributed by atoms with E-state index in [-0.39, 0.29) is 0 Å². The van der Waals surface area contributed by atoms with Gasteiger partial charge in [-0.25, -0.2) is 13.0 Å². The van der Waals surface area contributed by atoms with E-state index in [0.29, 0.717) is 22.5 Å². The Balaban J connectivity index is 1.67. The second kappa shape index (κ2) is 9.49. The SMILES string of the molecule is CN(CC[N+](C)(C)CC=Cc1ccc(Cl)cc1)S(=O)(=O)c1cccc2c[n+](C)ccc12. The molecule has 31 heavy (non-hydrogen) atoms. The molecule has 0 unspecified atom stereocenters. The van der Waals surface area contributed by atoms with E-state index in [2.05, 4.69) is 26.2 Å². The molecule has 3 aromatic rings. The average molecular weight is 460 g/mol. The second-order valence-corrected chi connectivity index (χ2v) is 10.9. The van der Waals surface area contributed by atoms with E-state index < -0.39 is 10.0 Å². The third kappa shape index (κ3) is 5.92. The highest BCUT2D eigenvalue weighted by Crippen LogP contribution is 2.24. The summed E-state index contributed by atoms with van der Waals surface area (Å²) in [6, 6.07) is 15.0. The third-order valence-electron chi connectivity index (χ3n) is 5.41. The molecule has 0 radical (unpaired) electrons. The smallest absolute Gasteiger partial charge is 0.243 e. The molecule has 5 nitrogen and oxygen atoms in total. The van der Waals surface area contributed by atoms with E-state index in [9.17, 15) is 8.42 Å². The molecular weight excluding hydrogens is 430 g/mol. The number of nitrogens with zero attached hydrogens (tertiary/aromatic N) is 3. The fourth-order valence-electron chi connectivity index (χ4n) is 3.37. The molecule has 2 aromatic carbocycles. The normalized spacial score (nSPS) is 12.8. The molecule has 3 rings (SSSR count). The van der Waals surface area contributed by atoms with Gasteiger partial charge in [0.15, 0.2) is 12.4 Å². The molecule has 0 aliphatic rings. The van der Waals surface area contributed by atoms with Crippen LogP contribution in [-0.2, 0) is 17.1 Å². The van der Waals surface area contributed by atoms with Gasteiger partial charge >= 0.3 is 0 Å². The number of pyridine rings is 1. The third-order valence-corrected chi connectivity index (χ3v) is 7.57. The summed E-state index contributed by atoms with van der Waals surface area (Å²) < 4.78 is 30.6. The number of benzene rings is 2. The van der Waals surface area contributed by atoms with E-state index >= 15 is 0 Å². The molecule has 0 aliphatic carbocycles. The van der Waals surface area contributed by atoms with Gasteiger partial charge in [0.1, 0.15) is 7.05 Å². The average Bonchev–Trinajstić information content (AvgIpc) is 2.72. The van der Waals surface area contributed by atoms with Crippen LogP contribution in [0.1, 0.15) is 5.56 Å². The van der Waals surface area contributed by atoms with Crippen molar-refractivity contribution in [3.63, 3.8) is 0 Å². The topological polar surface area (TPSA) is 41.3 Å². The maximum atomic E-state index is 13.3. The molecule has 1 aromatic heterocycles. The van der Waals surface area contributed by atoms with Crippen molar-refractivity contribution in [3.05, 3.63) is 77.6 Å². The van der Waals surface area contributed by atoms with Gasteiger partial charge in [-0.3, -0.25) is 0 Å². The molecule has 1 heterocycles. The van der Waals surface area contributed by atoms with Crippen molar-refractivity contribution in [2.45, 2.75) is 4.90 Å². The minimum Gasteiger partial charge on any atom is -0.324 e. The van der Waals surface area contributed by atoms with Crippen molar-refractivity contribution in [1.82, 2.24) is 4.31 Å². The molecule has 0 N–H and O–H groups in total. The highest BCUT2D eigenvalue weighted by molar-refractivity contribution is 7.89. The van der Waals surface area contributed by atoms with Crippen LogP contribution < -0.4 is 4.57 Å². The number of hydrogen-bond acceptors (Lipinski definition) is 2. The van der Waals surface area contributed by atoms with Crippen LogP contribution in [-0.4, -0.2) is 58.0 Å². The first-order valence-electron chi connectivity index (χ1n) is 10.2. The van der Waals surface area contributed by atoms with Crippen LogP contribution in [0.25, 0.3) is 16.8 Å². The van der Waals surface area contributed by atoms with Crippen LogP contribution in [0.3, 0.4) is 0 Å². The molecule has 0 bridgehead atoms. The van der Waals surface area contributed by atoms with Gasteiger partial charge in [0, 0.05) is 28.9 Å². The molecule has 164 valence electrons. The number of sulfonamides is 1. The number of quaternary nitrogens is 1. The highest BCUT2D eigenvalue weighted by atomic mass is 35.5. The zero-order valence-corrected chi connectivity index (χ0v) is 20.1. The van der Waals surface area contributed by atoms with Crippen LogP contribution in [0.5, 0.6) is 0 Å². The Morgan fingerprint density at radius 3 is 2.52 bits per heavy atom. The lowest BCUT2D eigenvalue weighted by atomic mass is 10.2. The number of fused-ring (bicyclic) bond motifs is 1. The van der Waals surface area contributed by atoms with E-state index in [4.69, 9.17) is 11.6 Å². The summed E-state index contributed by atoms with van der Waals surface area (Å²) in [6.07, 6.45) is 7.98. The van der Waals surface area contributed by atoms with Crippen molar-refractivity contribution in [2.24, 2.45) is 7.05 Å². The van der Waals surface area contributed by atoms with E-state index in [1.807, 2.05) is 60.4 Å². The van der Waals surface area contributed by atoms with Crippen molar-refractivity contribution in [1.29, 1.82) is 0 Å². The van der Waals surface area contributed by atoms with Crippen LogP contribution in [0.4, 0.5) is 0 Å². The Kier molecular flexibility index (Phi) is 7.17. The zero-order valence-electron chi connectivity index (χ0n) is 18.5. The maximum absolute atomic E-state index is 13.3. The Morgan fingerprint density at radius 1 is 1.10 bits per heavy atom. The number of halogens is 1. The monoisotopic (exact) mass is 459 g/mol. The molecule has 0 fully saturated rings. The summed E-state index contributed by atoms with van der Waals surface area (Å²) in [5.74, 6) is 0. The summed E-state index contributed by atoms with van der Waals surface area (Å²) in [7, 11) is 4.20. The van der Waals surface area contributed by atoms with E-state index in [1.165, 1.54) is 4.31 Å². The van der Waals surface area contributed by atoms with Crippen molar-refractivity contribution in [2.75, 3.05) is 40.8 Å². The minimum absolute atomic E-state index is 0.348. The zero-order chi connectivity index (χ0) is 22.6. The maximum Gasteiger partial charge on any atom is 0.243 e. The molecule has 0 atom stereocenters. The number of aromatic nitrogens is 1. The van der Waals surface area contributed by atoms with Gasteiger partial charge in [-0.1, -0.05) is 35.9 Å². The lowest BCUT2D eigenvalue weighted by Crippen LogP contribution is -2.45. The number of aryl methyl sites for hydroxylation is 1. The van der Waals surface area contributed by atoms with Gasteiger partial charge in [-0.2, -0.15) is 4.31 Å². The van der Waals surface area contributed by atoms with Crippen molar-refractivity contribution >= 4 is 38.5 Å². The molecule has 0 saturated carbocycles. The van der Waals surface area contributed by atoms with Crippen LogP contribution in [0, 0.1) is 0 Å². The van der Waals surface area contributed by atoms with Crippen molar-refractivity contribution in [3.8, 4) is 0 Å². The first kappa shape index (κ1) is 23.4. The standard InChI is InChI=1S/C24H30ClN3O2S/c1-26-15-14-23-21(19-26)8-5-9-24(23)31(29,30)27(2)16-18-28(3,4)17-6-7-20-10-12-22(25)13-11-20/h5-15,19H,16-18H2,1-4H3/q+2. The predicted octanol–water partition coefficient (Wildman–Crippen LogP) is 3.73. The predicted molar refractivity (Wildman–Crippen MR) is 127 cm³/mol.